The molecule has 0 saturated carbocycles. The standard InChI is InChI=1S/C6H15N.CH2Cl2.CH3Cl/c1-4-7(5-2)6-3;2-1-3;1-2/h4-6H2,1-3H3;1H2;1H3. The Bertz CT molecular complexity index is 44.1. The van der Waals surface area contributed by atoms with Crippen LogP contribution in [0.4, 0.5) is 0 Å². The molecule has 4 heteroatoms. The van der Waals surface area contributed by atoms with E-state index in [4.69, 9.17) is 23.2 Å². The van der Waals surface area contributed by atoms with Crippen molar-refractivity contribution in [2.45, 2.75) is 20.8 Å². The Labute approximate surface area is 92.0 Å². The predicted molar refractivity (Wildman–Crippen MR) is 61.8 cm³/mol. The Morgan fingerprint density at radius 3 is 1.00 bits per heavy atom. The number of hydrogen-bond acceptors (Lipinski definition) is 1. The SMILES string of the molecule is CCN(CC)CC.CCl.ClCCl. The Balaban J connectivity index is -0.000000137. The van der Waals surface area contributed by atoms with Gasteiger partial charge < -0.3 is 4.90 Å². The van der Waals surface area contributed by atoms with Gasteiger partial charge in [-0.15, -0.1) is 34.8 Å². The lowest BCUT2D eigenvalue weighted by Gasteiger charge is -2.13. The molecule has 0 heterocycles. The minimum absolute atomic E-state index is 0.194. The first-order chi connectivity index (χ1) is 5.76. The molecular formula is C8H20Cl3N. The zero-order valence-corrected chi connectivity index (χ0v) is 10.7. The summed E-state index contributed by atoms with van der Waals surface area (Å²) in [5, 5.41) is 0.194. The highest BCUT2D eigenvalue weighted by molar-refractivity contribution is 6.40. The molecule has 0 rings (SSSR count). The van der Waals surface area contributed by atoms with Crippen LogP contribution in [0.2, 0.25) is 0 Å². The van der Waals surface area contributed by atoms with Crippen molar-refractivity contribution in [1.29, 1.82) is 0 Å². The van der Waals surface area contributed by atoms with Crippen molar-refractivity contribution in [2.24, 2.45) is 0 Å². The summed E-state index contributed by atoms with van der Waals surface area (Å²) in [6, 6.07) is 0. The lowest BCUT2D eigenvalue weighted by Crippen LogP contribution is -2.21. The summed E-state index contributed by atoms with van der Waals surface area (Å²) >= 11 is 14.2. The van der Waals surface area contributed by atoms with Crippen molar-refractivity contribution in [3.63, 3.8) is 0 Å². The fourth-order valence-corrected chi connectivity index (χ4v) is 0.671. The van der Waals surface area contributed by atoms with Crippen LogP contribution < -0.4 is 0 Å². The van der Waals surface area contributed by atoms with E-state index in [1.54, 1.807) is 0 Å². The Hall–Kier alpha value is 0.830. The topological polar surface area (TPSA) is 3.24 Å². The van der Waals surface area contributed by atoms with Gasteiger partial charge in [0, 0.05) is 6.38 Å². The smallest absolute Gasteiger partial charge is 0.0967 e. The van der Waals surface area contributed by atoms with Gasteiger partial charge in [-0.25, -0.2) is 0 Å². The molecule has 0 aliphatic carbocycles. The highest BCUT2D eigenvalue weighted by Gasteiger charge is 1.89. The molecule has 0 spiro atoms. The highest BCUT2D eigenvalue weighted by Crippen LogP contribution is 1.81. The van der Waals surface area contributed by atoms with Crippen LogP contribution in [-0.4, -0.2) is 36.3 Å². The molecular weight excluding hydrogens is 216 g/mol. The summed E-state index contributed by atoms with van der Waals surface area (Å²) in [5.74, 6) is 0. The van der Waals surface area contributed by atoms with E-state index < -0.39 is 0 Å². The van der Waals surface area contributed by atoms with E-state index >= 15 is 0 Å². The fourth-order valence-electron chi connectivity index (χ4n) is 0.671. The van der Waals surface area contributed by atoms with Gasteiger partial charge in [-0.1, -0.05) is 20.8 Å². The lowest BCUT2D eigenvalue weighted by molar-refractivity contribution is 0.321. The van der Waals surface area contributed by atoms with Crippen molar-refractivity contribution in [3.05, 3.63) is 0 Å². The van der Waals surface area contributed by atoms with Crippen molar-refractivity contribution in [1.82, 2.24) is 4.90 Å². The lowest BCUT2D eigenvalue weighted by atomic mass is 10.5. The van der Waals surface area contributed by atoms with Crippen LogP contribution in [0.25, 0.3) is 0 Å². The van der Waals surface area contributed by atoms with Gasteiger partial charge >= 0.3 is 0 Å². The first-order valence-electron chi connectivity index (χ1n) is 3.98. The summed E-state index contributed by atoms with van der Waals surface area (Å²) < 4.78 is 0. The van der Waals surface area contributed by atoms with Crippen LogP contribution in [0.3, 0.4) is 0 Å². The summed E-state index contributed by atoms with van der Waals surface area (Å²) in [7, 11) is 0. The van der Waals surface area contributed by atoms with Crippen molar-refractivity contribution >= 4 is 34.8 Å². The van der Waals surface area contributed by atoms with E-state index in [1.165, 1.54) is 26.0 Å². The molecule has 78 valence electrons. The van der Waals surface area contributed by atoms with E-state index in [-0.39, 0.29) is 5.34 Å². The Morgan fingerprint density at radius 1 is 0.833 bits per heavy atom. The van der Waals surface area contributed by atoms with E-state index in [0.29, 0.717) is 0 Å². The van der Waals surface area contributed by atoms with E-state index in [2.05, 4.69) is 37.3 Å². The highest BCUT2D eigenvalue weighted by atomic mass is 35.5. The summed E-state index contributed by atoms with van der Waals surface area (Å²) in [6.07, 6.45) is 1.47. The molecule has 0 N–H and O–H groups in total. The Kier molecular flexibility index (Phi) is 35.0. The predicted octanol–water partition coefficient (Wildman–Crippen LogP) is 3.62. The molecule has 0 atom stereocenters. The van der Waals surface area contributed by atoms with Gasteiger partial charge in [0.25, 0.3) is 0 Å². The van der Waals surface area contributed by atoms with Crippen LogP contribution in [0.15, 0.2) is 0 Å². The first-order valence-corrected chi connectivity index (χ1v) is 5.81. The molecule has 1 nitrogen and oxygen atoms in total. The van der Waals surface area contributed by atoms with E-state index in [0.717, 1.165) is 0 Å². The van der Waals surface area contributed by atoms with Crippen molar-refractivity contribution < 1.29 is 0 Å². The van der Waals surface area contributed by atoms with Gasteiger partial charge in [0.15, 0.2) is 0 Å². The molecule has 12 heavy (non-hydrogen) atoms. The second-order valence-electron chi connectivity index (χ2n) is 1.72. The van der Waals surface area contributed by atoms with Gasteiger partial charge in [0.1, 0.15) is 0 Å². The summed E-state index contributed by atoms with van der Waals surface area (Å²) in [5.41, 5.74) is 0. The van der Waals surface area contributed by atoms with Crippen LogP contribution in [-0.2, 0) is 0 Å². The van der Waals surface area contributed by atoms with Gasteiger partial charge in [-0.3, -0.25) is 0 Å². The second kappa shape index (κ2) is 22.6. The molecule has 0 aliphatic rings. The average Bonchev–Trinajstić information content (AvgIpc) is 2.12. The number of rotatable bonds is 3. The average molecular weight is 237 g/mol. The van der Waals surface area contributed by atoms with Crippen LogP contribution in [0.5, 0.6) is 0 Å². The number of hydrogen-bond donors (Lipinski definition) is 0. The van der Waals surface area contributed by atoms with E-state index in [1.807, 2.05) is 0 Å². The zero-order valence-electron chi connectivity index (χ0n) is 8.41. The molecule has 0 amide bonds. The fraction of sp³-hybridized carbons (Fsp3) is 1.00. The third-order valence-electron chi connectivity index (χ3n) is 1.34. The molecule has 0 aromatic rings. The van der Waals surface area contributed by atoms with Gasteiger partial charge in [-0.2, -0.15) is 0 Å². The van der Waals surface area contributed by atoms with Crippen LogP contribution >= 0.6 is 34.8 Å². The molecule has 0 unspecified atom stereocenters. The second-order valence-corrected chi connectivity index (χ2v) is 2.53. The molecule has 0 fully saturated rings. The Morgan fingerprint density at radius 2 is 1.00 bits per heavy atom. The third kappa shape index (κ3) is 22.4. The monoisotopic (exact) mass is 235 g/mol. The van der Waals surface area contributed by atoms with Crippen molar-refractivity contribution in [2.75, 3.05) is 31.4 Å². The first kappa shape index (κ1) is 18.6. The minimum atomic E-state index is 0.194. The van der Waals surface area contributed by atoms with Gasteiger partial charge in [-0.05, 0) is 19.6 Å². The molecule has 0 saturated heterocycles. The normalized spacial score (nSPS) is 8.00. The number of alkyl halides is 3. The third-order valence-corrected chi connectivity index (χ3v) is 1.34. The maximum absolute atomic E-state index is 4.76. The van der Waals surface area contributed by atoms with Gasteiger partial charge in [0.2, 0.25) is 0 Å². The molecule has 0 aliphatic heterocycles. The summed E-state index contributed by atoms with van der Waals surface area (Å²) in [6.45, 7) is 10.1. The van der Waals surface area contributed by atoms with E-state index in [9.17, 15) is 0 Å². The largest absolute Gasteiger partial charge is 0.304 e. The molecule has 0 aromatic heterocycles. The zero-order chi connectivity index (χ0) is 10.4. The maximum Gasteiger partial charge on any atom is 0.0967 e. The minimum Gasteiger partial charge on any atom is -0.304 e. The molecule has 0 bridgehead atoms. The number of nitrogens with zero attached hydrogens (tertiary/aromatic N) is 1. The van der Waals surface area contributed by atoms with Crippen molar-refractivity contribution in [3.8, 4) is 0 Å². The van der Waals surface area contributed by atoms with Gasteiger partial charge in [0.05, 0.1) is 5.34 Å². The van der Waals surface area contributed by atoms with Crippen LogP contribution in [0, 0.1) is 0 Å². The molecule has 0 aromatic carbocycles. The molecule has 0 radical (unpaired) electrons. The quantitative estimate of drug-likeness (QED) is 0.677. The maximum atomic E-state index is 4.76. The number of halogens is 3. The van der Waals surface area contributed by atoms with Crippen LogP contribution in [0.1, 0.15) is 20.8 Å². The summed E-state index contributed by atoms with van der Waals surface area (Å²) in [4.78, 5) is 2.38.